The van der Waals surface area contributed by atoms with Gasteiger partial charge in [-0.15, -0.1) is 0 Å². The van der Waals surface area contributed by atoms with Gasteiger partial charge in [-0.05, 0) is 43.5 Å². The summed E-state index contributed by atoms with van der Waals surface area (Å²) < 4.78 is 17.5. The Morgan fingerprint density at radius 2 is 1.88 bits per heavy atom. The molecule has 5 N–H and O–H groups in total. The van der Waals surface area contributed by atoms with Gasteiger partial charge in [0.15, 0.2) is 11.5 Å². The molecule has 6 heteroatoms. The predicted molar refractivity (Wildman–Crippen MR) is 104 cm³/mol. The third-order valence-electron chi connectivity index (χ3n) is 4.32. The highest BCUT2D eigenvalue weighted by atomic mass is 16.5. The third kappa shape index (κ3) is 5.28. The first-order valence-electron chi connectivity index (χ1n) is 9.09. The molecule has 0 amide bonds. The molecule has 1 unspecified atom stereocenters. The quantitative estimate of drug-likeness (QED) is 0.496. The van der Waals surface area contributed by atoms with Gasteiger partial charge < -0.3 is 31.0 Å². The van der Waals surface area contributed by atoms with Crippen molar-refractivity contribution in [1.29, 1.82) is 0 Å². The summed E-state index contributed by atoms with van der Waals surface area (Å²) in [6.45, 7) is 3.35. The summed E-state index contributed by atoms with van der Waals surface area (Å²) >= 11 is 0. The highest BCUT2D eigenvalue weighted by molar-refractivity contribution is 5.65. The summed E-state index contributed by atoms with van der Waals surface area (Å²) in [6, 6.07) is 12.9. The SMILES string of the molecule is Nc1ccc(Oc2ccccc2OCCCCC2CNCCO2)cc1N. The van der Waals surface area contributed by atoms with E-state index in [4.69, 9.17) is 25.7 Å². The van der Waals surface area contributed by atoms with Crippen LogP contribution in [0.25, 0.3) is 0 Å². The smallest absolute Gasteiger partial charge is 0.169 e. The van der Waals surface area contributed by atoms with E-state index in [-0.39, 0.29) is 0 Å². The van der Waals surface area contributed by atoms with Gasteiger partial charge >= 0.3 is 0 Å². The van der Waals surface area contributed by atoms with Crippen molar-refractivity contribution < 1.29 is 14.2 Å². The molecule has 6 nitrogen and oxygen atoms in total. The van der Waals surface area contributed by atoms with Gasteiger partial charge in [0.25, 0.3) is 0 Å². The topological polar surface area (TPSA) is 91.8 Å². The second-order valence-corrected chi connectivity index (χ2v) is 6.38. The molecule has 2 aromatic rings. The second-order valence-electron chi connectivity index (χ2n) is 6.38. The number of para-hydroxylation sites is 2. The van der Waals surface area contributed by atoms with Crippen LogP contribution in [0, 0.1) is 0 Å². The van der Waals surface area contributed by atoms with Crippen LogP contribution < -0.4 is 26.3 Å². The second kappa shape index (κ2) is 9.31. The van der Waals surface area contributed by atoms with Gasteiger partial charge in [-0.3, -0.25) is 0 Å². The van der Waals surface area contributed by atoms with Gasteiger partial charge in [-0.25, -0.2) is 0 Å². The number of ether oxygens (including phenoxy) is 3. The first-order chi connectivity index (χ1) is 12.7. The number of nitrogen functional groups attached to an aromatic ring is 2. The zero-order valence-electron chi connectivity index (χ0n) is 14.9. The molecule has 2 aromatic carbocycles. The van der Waals surface area contributed by atoms with Crippen molar-refractivity contribution in [3.63, 3.8) is 0 Å². The van der Waals surface area contributed by atoms with Crippen molar-refractivity contribution in [3.8, 4) is 17.2 Å². The van der Waals surface area contributed by atoms with Crippen LogP contribution in [0.4, 0.5) is 11.4 Å². The molecule has 0 bridgehead atoms. The van der Waals surface area contributed by atoms with Crippen LogP contribution in [0.2, 0.25) is 0 Å². The largest absolute Gasteiger partial charge is 0.490 e. The van der Waals surface area contributed by atoms with Gasteiger partial charge in [0.05, 0.1) is 30.7 Å². The summed E-state index contributed by atoms with van der Waals surface area (Å²) in [5.74, 6) is 2.02. The monoisotopic (exact) mass is 357 g/mol. The van der Waals surface area contributed by atoms with E-state index in [0.29, 0.717) is 35.6 Å². The lowest BCUT2D eigenvalue weighted by Gasteiger charge is -2.23. The molecule has 1 atom stereocenters. The summed E-state index contributed by atoms with van der Waals surface area (Å²) in [5, 5.41) is 3.35. The molecule has 0 aromatic heterocycles. The molecular formula is C20H27N3O3. The summed E-state index contributed by atoms with van der Waals surface area (Å²) in [7, 11) is 0. The van der Waals surface area contributed by atoms with Crippen molar-refractivity contribution in [1.82, 2.24) is 5.32 Å². The van der Waals surface area contributed by atoms with E-state index in [0.717, 1.165) is 44.7 Å². The molecule has 0 spiro atoms. The fourth-order valence-electron chi connectivity index (χ4n) is 2.86. The molecule has 1 heterocycles. The Morgan fingerprint density at radius 1 is 1.04 bits per heavy atom. The lowest BCUT2D eigenvalue weighted by atomic mass is 10.1. The number of benzene rings is 2. The third-order valence-corrected chi connectivity index (χ3v) is 4.32. The van der Waals surface area contributed by atoms with E-state index in [1.807, 2.05) is 24.3 Å². The Labute approximate surface area is 154 Å². The molecule has 1 aliphatic rings. The Bertz CT molecular complexity index is 702. The number of nitrogens with one attached hydrogen (secondary N) is 1. The number of unbranched alkanes of at least 4 members (excludes halogenated alkanes) is 1. The number of rotatable bonds is 8. The van der Waals surface area contributed by atoms with E-state index < -0.39 is 0 Å². The van der Waals surface area contributed by atoms with Gasteiger partial charge in [-0.2, -0.15) is 0 Å². The van der Waals surface area contributed by atoms with Gasteiger partial charge in [-0.1, -0.05) is 12.1 Å². The minimum atomic E-state index is 0.329. The van der Waals surface area contributed by atoms with Crippen molar-refractivity contribution >= 4 is 11.4 Å². The number of hydrogen-bond donors (Lipinski definition) is 3. The normalized spacial score (nSPS) is 17.0. The summed E-state index contributed by atoms with van der Waals surface area (Å²) in [5.41, 5.74) is 12.6. The maximum Gasteiger partial charge on any atom is 0.169 e. The Balaban J connectivity index is 1.48. The fourth-order valence-corrected chi connectivity index (χ4v) is 2.86. The van der Waals surface area contributed by atoms with Crippen LogP contribution in [0.3, 0.4) is 0 Å². The van der Waals surface area contributed by atoms with E-state index in [9.17, 15) is 0 Å². The molecule has 0 aliphatic carbocycles. The zero-order chi connectivity index (χ0) is 18.2. The molecule has 1 saturated heterocycles. The van der Waals surface area contributed by atoms with E-state index in [1.165, 1.54) is 0 Å². The highest BCUT2D eigenvalue weighted by Crippen LogP contribution is 2.33. The van der Waals surface area contributed by atoms with E-state index in [1.54, 1.807) is 18.2 Å². The standard InChI is InChI=1S/C20H27N3O3/c21-17-9-8-15(13-18(17)22)26-20-7-2-1-6-19(20)25-11-4-3-5-16-14-23-10-12-24-16/h1-2,6-9,13,16,23H,3-5,10-12,14,21-22H2. The van der Waals surface area contributed by atoms with Crippen LogP contribution in [0.5, 0.6) is 17.2 Å². The Morgan fingerprint density at radius 3 is 2.65 bits per heavy atom. The van der Waals surface area contributed by atoms with E-state index >= 15 is 0 Å². The minimum Gasteiger partial charge on any atom is -0.490 e. The molecule has 0 radical (unpaired) electrons. The van der Waals surface area contributed by atoms with Gasteiger partial charge in [0.1, 0.15) is 5.75 Å². The maximum atomic E-state index is 5.92. The number of nitrogens with two attached hydrogens (primary N) is 2. The molecule has 140 valence electrons. The lowest BCUT2D eigenvalue weighted by molar-refractivity contribution is 0.0216. The first-order valence-corrected chi connectivity index (χ1v) is 9.09. The number of morpholine rings is 1. The van der Waals surface area contributed by atoms with Crippen LogP contribution >= 0.6 is 0 Å². The van der Waals surface area contributed by atoms with Gasteiger partial charge in [0.2, 0.25) is 0 Å². The summed E-state index contributed by atoms with van der Waals surface area (Å²) in [6.07, 6.45) is 3.43. The molecule has 1 aliphatic heterocycles. The molecule has 3 rings (SSSR count). The average molecular weight is 357 g/mol. The van der Waals surface area contributed by atoms with Crippen molar-refractivity contribution in [3.05, 3.63) is 42.5 Å². The van der Waals surface area contributed by atoms with Crippen LogP contribution in [-0.2, 0) is 4.74 Å². The highest BCUT2D eigenvalue weighted by Gasteiger charge is 2.12. The summed E-state index contributed by atoms with van der Waals surface area (Å²) in [4.78, 5) is 0. The minimum absolute atomic E-state index is 0.329. The Kier molecular flexibility index (Phi) is 6.57. The molecular weight excluding hydrogens is 330 g/mol. The Hall–Kier alpha value is -2.44. The van der Waals surface area contributed by atoms with E-state index in [2.05, 4.69) is 5.32 Å². The lowest BCUT2D eigenvalue weighted by Crippen LogP contribution is -2.38. The molecule has 0 saturated carbocycles. The maximum absolute atomic E-state index is 5.92. The van der Waals surface area contributed by atoms with Crippen molar-refractivity contribution in [2.45, 2.75) is 25.4 Å². The van der Waals surface area contributed by atoms with Crippen LogP contribution in [0.1, 0.15) is 19.3 Å². The first kappa shape index (κ1) is 18.4. The number of anilines is 2. The van der Waals surface area contributed by atoms with Crippen molar-refractivity contribution in [2.75, 3.05) is 37.8 Å². The molecule has 26 heavy (non-hydrogen) atoms. The van der Waals surface area contributed by atoms with Gasteiger partial charge in [0, 0.05) is 19.2 Å². The number of hydrogen-bond acceptors (Lipinski definition) is 6. The average Bonchev–Trinajstić information content (AvgIpc) is 2.66. The zero-order valence-corrected chi connectivity index (χ0v) is 14.9. The fraction of sp³-hybridized carbons (Fsp3) is 0.400. The van der Waals surface area contributed by atoms with Crippen molar-refractivity contribution in [2.24, 2.45) is 0 Å². The molecule has 1 fully saturated rings. The van der Waals surface area contributed by atoms with Crippen LogP contribution in [0.15, 0.2) is 42.5 Å². The van der Waals surface area contributed by atoms with Crippen LogP contribution in [-0.4, -0.2) is 32.4 Å². The predicted octanol–water partition coefficient (Wildman–Crippen LogP) is 3.18.